The number of rotatable bonds is 3. The molecule has 0 N–H and O–H groups in total. The molecule has 0 heterocycles. The minimum Gasteiger partial charge on any atom is -0.496 e. The minimum absolute atomic E-state index is 0.697. The third-order valence-corrected chi connectivity index (χ3v) is 4.23. The zero-order chi connectivity index (χ0) is 14.0. The first-order valence-corrected chi connectivity index (χ1v) is 6.99. The summed E-state index contributed by atoms with van der Waals surface area (Å²) in [7, 11) is 1.67. The normalized spacial score (nSPS) is 10.3. The molecular formula is C16H14BrClO. The minimum atomic E-state index is 0.697. The lowest BCUT2D eigenvalue weighted by atomic mass is 9.98. The van der Waals surface area contributed by atoms with Crippen molar-refractivity contribution >= 4 is 33.1 Å². The molecule has 0 aliphatic rings. The summed E-state index contributed by atoms with van der Waals surface area (Å²) in [6.45, 7) is 6.18. The number of methoxy groups -OCH3 is 1. The van der Waals surface area contributed by atoms with Gasteiger partial charge in [0.25, 0.3) is 0 Å². The average molecular weight is 338 g/mol. The van der Waals surface area contributed by atoms with Gasteiger partial charge in [0, 0.05) is 4.47 Å². The molecule has 0 radical (unpaired) electrons. The number of benzene rings is 2. The molecule has 0 saturated heterocycles. The number of aryl methyl sites for hydroxylation is 1. The van der Waals surface area contributed by atoms with Crippen molar-refractivity contribution in [3.8, 4) is 5.75 Å². The van der Waals surface area contributed by atoms with E-state index in [1.165, 1.54) is 0 Å². The van der Waals surface area contributed by atoms with Gasteiger partial charge in [-0.3, -0.25) is 0 Å². The van der Waals surface area contributed by atoms with Crippen LogP contribution in [0.15, 0.2) is 47.4 Å². The molecule has 2 aromatic carbocycles. The summed E-state index contributed by atoms with van der Waals surface area (Å²) < 4.78 is 6.14. The van der Waals surface area contributed by atoms with E-state index in [0.29, 0.717) is 5.02 Å². The van der Waals surface area contributed by atoms with Gasteiger partial charge in [-0.25, -0.2) is 0 Å². The molecule has 0 unspecified atom stereocenters. The van der Waals surface area contributed by atoms with Crippen molar-refractivity contribution in [2.75, 3.05) is 7.11 Å². The van der Waals surface area contributed by atoms with E-state index < -0.39 is 0 Å². The summed E-state index contributed by atoms with van der Waals surface area (Å²) in [5.74, 6) is 0.883. The molecule has 0 aliphatic carbocycles. The lowest BCUT2D eigenvalue weighted by Crippen LogP contribution is -1.91. The van der Waals surface area contributed by atoms with Crippen LogP contribution in [0.2, 0.25) is 5.02 Å². The molecule has 0 saturated carbocycles. The Hall–Kier alpha value is -1.25. The van der Waals surface area contributed by atoms with Crippen LogP contribution >= 0.6 is 27.5 Å². The Labute approximate surface area is 127 Å². The molecule has 0 amide bonds. The van der Waals surface area contributed by atoms with Crippen LogP contribution in [0.1, 0.15) is 16.7 Å². The van der Waals surface area contributed by atoms with Gasteiger partial charge in [0.05, 0.1) is 12.1 Å². The Bertz CT molecular complexity index is 635. The molecule has 19 heavy (non-hydrogen) atoms. The van der Waals surface area contributed by atoms with Crippen LogP contribution in [-0.2, 0) is 0 Å². The number of hydrogen-bond donors (Lipinski definition) is 0. The van der Waals surface area contributed by atoms with Gasteiger partial charge in [-0.2, -0.15) is 0 Å². The van der Waals surface area contributed by atoms with E-state index >= 15 is 0 Å². The summed E-state index contributed by atoms with van der Waals surface area (Å²) in [5, 5.41) is 0.697. The third-order valence-electron chi connectivity index (χ3n) is 3.01. The maximum absolute atomic E-state index is 6.00. The van der Waals surface area contributed by atoms with Gasteiger partial charge in [-0.05, 0) is 69.4 Å². The predicted octanol–water partition coefficient (Wildman–Crippen LogP) is 5.48. The Balaban J connectivity index is 2.38. The van der Waals surface area contributed by atoms with Crippen LogP contribution < -0.4 is 4.74 Å². The van der Waals surface area contributed by atoms with Crippen molar-refractivity contribution in [3.05, 3.63) is 69.2 Å². The van der Waals surface area contributed by atoms with Crippen molar-refractivity contribution in [2.45, 2.75) is 6.92 Å². The standard InChI is InChI=1S/C16H14BrClO/c1-10-8-12(5-7-16(10)19-3)11(2)13-4-6-15(18)14(17)9-13/h4-9H,2H2,1,3H3. The second kappa shape index (κ2) is 5.81. The zero-order valence-electron chi connectivity index (χ0n) is 10.8. The highest BCUT2D eigenvalue weighted by Crippen LogP contribution is 2.30. The predicted molar refractivity (Wildman–Crippen MR) is 85.0 cm³/mol. The van der Waals surface area contributed by atoms with E-state index in [0.717, 1.165) is 32.5 Å². The van der Waals surface area contributed by atoms with E-state index in [4.69, 9.17) is 16.3 Å². The Morgan fingerprint density at radius 2 is 1.79 bits per heavy atom. The number of ether oxygens (including phenoxy) is 1. The van der Waals surface area contributed by atoms with Gasteiger partial charge in [-0.1, -0.05) is 30.3 Å². The van der Waals surface area contributed by atoms with Crippen LogP contribution in [0.4, 0.5) is 0 Å². The largest absolute Gasteiger partial charge is 0.496 e. The van der Waals surface area contributed by atoms with Crippen LogP contribution in [0.25, 0.3) is 5.57 Å². The molecule has 0 bridgehead atoms. The molecule has 0 spiro atoms. The van der Waals surface area contributed by atoms with Crippen molar-refractivity contribution in [1.82, 2.24) is 0 Å². The van der Waals surface area contributed by atoms with Gasteiger partial charge in [0.1, 0.15) is 5.75 Å². The zero-order valence-corrected chi connectivity index (χ0v) is 13.2. The molecule has 0 atom stereocenters. The molecule has 2 rings (SSSR count). The first kappa shape index (κ1) is 14.2. The second-order valence-corrected chi connectivity index (χ2v) is 5.55. The molecule has 0 aliphatic heterocycles. The van der Waals surface area contributed by atoms with Crippen molar-refractivity contribution in [1.29, 1.82) is 0 Å². The lowest BCUT2D eigenvalue weighted by molar-refractivity contribution is 0.411. The summed E-state index contributed by atoms with van der Waals surface area (Å²) in [6.07, 6.45) is 0. The van der Waals surface area contributed by atoms with Crippen molar-refractivity contribution < 1.29 is 4.74 Å². The van der Waals surface area contributed by atoms with E-state index in [1.54, 1.807) is 7.11 Å². The molecular weight excluding hydrogens is 324 g/mol. The molecule has 1 nitrogen and oxygen atoms in total. The first-order chi connectivity index (χ1) is 9.02. The van der Waals surface area contributed by atoms with Crippen molar-refractivity contribution in [3.63, 3.8) is 0 Å². The maximum Gasteiger partial charge on any atom is 0.121 e. The fourth-order valence-corrected chi connectivity index (χ4v) is 2.41. The van der Waals surface area contributed by atoms with Crippen LogP contribution in [-0.4, -0.2) is 7.11 Å². The van der Waals surface area contributed by atoms with Gasteiger partial charge in [-0.15, -0.1) is 0 Å². The Morgan fingerprint density at radius 1 is 1.16 bits per heavy atom. The lowest BCUT2D eigenvalue weighted by Gasteiger charge is -2.11. The highest BCUT2D eigenvalue weighted by atomic mass is 79.9. The van der Waals surface area contributed by atoms with E-state index in [-0.39, 0.29) is 0 Å². The maximum atomic E-state index is 6.00. The molecule has 0 fully saturated rings. The van der Waals surface area contributed by atoms with Crippen LogP contribution in [0, 0.1) is 6.92 Å². The summed E-state index contributed by atoms with van der Waals surface area (Å²) >= 11 is 9.43. The highest BCUT2D eigenvalue weighted by Gasteiger charge is 2.07. The Morgan fingerprint density at radius 3 is 2.37 bits per heavy atom. The van der Waals surface area contributed by atoms with Crippen LogP contribution in [0.5, 0.6) is 5.75 Å². The Kier molecular flexibility index (Phi) is 4.33. The SMILES string of the molecule is C=C(c1ccc(OC)c(C)c1)c1ccc(Cl)c(Br)c1. The molecule has 98 valence electrons. The summed E-state index contributed by atoms with van der Waals surface area (Å²) in [6, 6.07) is 11.9. The fourth-order valence-electron chi connectivity index (χ4n) is 1.92. The van der Waals surface area contributed by atoms with Gasteiger partial charge in [0.15, 0.2) is 0 Å². The van der Waals surface area contributed by atoms with Gasteiger partial charge < -0.3 is 4.74 Å². The summed E-state index contributed by atoms with van der Waals surface area (Å²) in [4.78, 5) is 0. The quantitative estimate of drug-likeness (QED) is 0.720. The molecule has 3 heteroatoms. The third kappa shape index (κ3) is 3.02. The van der Waals surface area contributed by atoms with E-state index in [9.17, 15) is 0 Å². The smallest absolute Gasteiger partial charge is 0.121 e. The topological polar surface area (TPSA) is 9.23 Å². The molecule has 2 aromatic rings. The first-order valence-electron chi connectivity index (χ1n) is 5.82. The summed E-state index contributed by atoms with van der Waals surface area (Å²) in [5.41, 5.74) is 4.17. The average Bonchev–Trinajstić information content (AvgIpc) is 2.41. The second-order valence-electron chi connectivity index (χ2n) is 4.29. The highest BCUT2D eigenvalue weighted by molar-refractivity contribution is 9.10. The fraction of sp³-hybridized carbons (Fsp3) is 0.125. The van der Waals surface area contributed by atoms with E-state index in [2.05, 4.69) is 28.6 Å². The molecule has 0 aromatic heterocycles. The van der Waals surface area contributed by atoms with Crippen molar-refractivity contribution in [2.24, 2.45) is 0 Å². The van der Waals surface area contributed by atoms with Gasteiger partial charge >= 0.3 is 0 Å². The monoisotopic (exact) mass is 336 g/mol. The number of hydrogen-bond acceptors (Lipinski definition) is 1. The van der Waals surface area contributed by atoms with Crippen LogP contribution in [0.3, 0.4) is 0 Å². The van der Waals surface area contributed by atoms with Gasteiger partial charge in [0.2, 0.25) is 0 Å². The van der Waals surface area contributed by atoms with E-state index in [1.807, 2.05) is 37.3 Å². The number of halogens is 2.